The first-order valence-corrected chi connectivity index (χ1v) is 5.51. The summed E-state index contributed by atoms with van der Waals surface area (Å²) in [5.74, 6) is -0.524. The first kappa shape index (κ1) is 12.4. The van der Waals surface area contributed by atoms with Crippen LogP contribution >= 0.6 is 0 Å². The highest BCUT2D eigenvalue weighted by atomic mass is 19.1. The number of halogens is 2. The van der Waals surface area contributed by atoms with Crippen LogP contribution in [0.4, 0.5) is 14.5 Å². The lowest BCUT2D eigenvalue weighted by Crippen LogP contribution is -2.03. The average molecular weight is 249 g/mol. The van der Waals surface area contributed by atoms with Crippen LogP contribution in [0.1, 0.15) is 5.56 Å². The number of nitrogens with one attached hydrogen (secondary N) is 1. The summed E-state index contributed by atoms with van der Waals surface area (Å²) in [6.45, 7) is 0.270. The number of rotatable bonds is 4. The van der Waals surface area contributed by atoms with Gasteiger partial charge in [0.25, 0.3) is 0 Å². The van der Waals surface area contributed by atoms with Crippen LogP contribution < -0.4 is 10.1 Å². The monoisotopic (exact) mass is 249 g/mol. The van der Waals surface area contributed by atoms with Gasteiger partial charge in [-0.2, -0.15) is 0 Å². The molecule has 1 N–H and O–H groups in total. The Kier molecular flexibility index (Phi) is 3.77. The molecule has 2 nitrogen and oxygen atoms in total. The van der Waals surface area contributed by atoms with Gasteiger partial charge in [-0.25, -0.2) is 8.78 Å². The van der Waals surface area contributed by atoms with E-state index in [1.54, 1.807) is 30.3 Å². The van der Waals surface area contributed by atoms with Gasteiger partial charge in [-0.15, -0.1) is 0 Å². The molecule has 0 amide bonds. The zero-order valence-electron chi connectivity index (χ0n) is 9.91. The smallest absolute Gasteiger partial charge is 0.170 e. The van der Waals surface area contributed by atoms with Crippen molar-refractivity contribution in [1.29, 1.82) is 0 Å². The summed E-state index contributed by atoms with van der Waals surface area (Å²) in [7, 11) is 1.42. The maximum Gasteiger partial charge on any atom is 0.170 e. The summed E-state index contributed by atoms with van der Waals surface area (Å²) in [5, 5.41) is 2.96. The van der Waals surface area contributed by atoms with E-state index in [0.717, 1.165) is 0 Å². The van der Waals surface area contributed by atoms with E-state index >= 15 is 0 Å². The zero-order valence-corrected chi connectivity index (χ0v) is 9.91. The van der Waals surface area contributed by atoms with Crippen LogP contribution in [0.25, 0.3) is 0 Å². The first-order chi connectivity index (χ1) is 8.70. The Morgan fingerprint density at radius 1 is 1.11 bits per heavy atom. The Labute approximate surface area is 104 Å². The van der Waals surface area contributed by atoms with Crippen molar-refractivity contribution >= 4 is 5.69 Å². The topological polar surface area (TPSA) is 21.3 Å². The molecular weight excluding hydrogens is 236 g/mol. The second kappa shape index (κ2) is 5.49. The fourth-order valence-electron chi connectivity index (χ4n) is 1.65. The molecule has 2 aromatic carbocycles. The van der Waals surface area contributed by atoms with Crippen molar-refractivity contribution in [2.24, 2.45) is 0 Å². The number of hydrogen-bond donors (Lipinski definition) is 1. The lowest BCUT2D eigenvalue weighted by atomic mass is 10.2. The Bertz CT molecular complexity index is 543. The minimum absolute atomic E-state index is 0.202. The highest BCUT2D eigenvalue weighted by molar-refractivity contribution is 5.44. The molecule has 0 aliphatic heterocycles. The van der Waals surface area contributed by atoms with Gasteiger partial charge in [-0.05, 0) is 24.3 Å². The molecule has 0 atom stereocenters. The maximum atomic E-state index is 13.8. The van der Waals surface area contributed by atoms with Gasteiger partial charge in [0, 0.05) is 17.8 Å². The van der Waals surface area contributed by atoms with Gasteiger partial charge in [0.15, 0.2) is 11.6 Å². The SMILES string of the molecule is COc1cccc(CNc2cccc(F)c2)c1F. The molecule has 0 bridgehead atoms. The van der Waals surface area contributed by atoms with Crippen LogP contribution in [0.5, 0.6) is 5.75 Å². The Morgan fingerprint density at radius 2 is 1.89 bits per heavy atom. The Morgan fingerprint density at radius 3 is 2.61 bits per heavy atom. The molecule has 0 fully saturated rings. The lowest BCUT2D eigenvalue weighted by molar-refractivity contribution is 0.384. The third kappa shape index (κ3) is 2.77. The summed E-state index contributed by atoms with van der Waals surface area (Å²) in [6, 6.07) is 11.0. The average Bonchev–Trinajstić information content (AvgIpc) is 2.38. The minimum atomic E-state index is -0.399. The van der Waals surface area contributed by atoms with Crippen LogP contribution in [0, 0.1) is 11.6 Å². The quantitative estimate of drug-likeness (QED) is 0.894. The summed E-state index contributed by atoms with van der Waals surface area (Å²) >= 11 is 0. The molecule has 0 aliphatic rings. The van der Waals surface area contributed by atoms with Crippen molar-refractivity contribution in [3.8, 4) is 5.75 Å². The third-order valence-electron chi connectivity index (χ3n) is 2.57. The number of ether oxygens (including phenoxy) is 1. The number of hydrogen-bond acceptors (Lipinski definition) is 2. The van der Waals surface area contributed by atoms with Gasteiger partial charge in [0.2, 0.25) is 0 Å². The fraction of sp³-hybridized carbons (Fsp3) is 0.143. The van der Waals surface area contributed by atoms with Gasteiger partial charge in [0.1, 0.15) is 5.82 Å². The van der Waals surface area contributed by atoms with Crippen molar-refractivity contribution in [3.05, 3.63) is 59.7 Å². The maximum absolute atomic E-state index is 13.8. The molecule has 0 radical (unpaired) electrons. The Hall–Kier alpha value is -2.10. The summed E-state index contributed by atoms with van der Waals surface area (Å²) in [6.07, 6.45) is 0. The molecular formula is C14H13F2NO. The molecule has 4 heteroatoms. The summed E-state index contributed by atoms with van der Waals surface area (Å²) in [4.78, 5) is 0. The number of methoxy groups -OCH3 is 1. The van der Waals surface area contributed by atoms with Crippen molar-refractivity contribution < 1.29 is 13.5 Å². The van der Waals surface area contributed by atoms with Crippen LogP contribution in [-0.2, 0) is 6.54 Å². The van der Waals surface area contributed by atoms with Crippen molar-refractivity contribution in [3.63, 3.8) is 0 Å². The second-order valence-corrected chi connectivity index (χ2v) is 3.80. The van der Waals surface area contributed by atoms with E-state index in [1.807, 2.05) is 0 Å². The van der Waals surface area contributed by atoms with Gasteiger partial charge < -0.3 is 10.1 Å². The predicted octanol–water partition coefficient (Wildman–Crippen LogP) is 3.59. The molecule has 94 valence electrons. The van der Waals surface area contributed by atoms with Crippen LogP contribution in [0.15, 0.2) is 42.5 Å². The third-order valence-corrected chi connectivity index (χ3v) is 2.57. The van der Waals surface area contributed by atoms with Crippen LogP contribution in [-0.4, -0.2) is 7.11 Å². The number of benzene rings is 2. The zero-order chi connectivity index (χ0) is 13.0. The Balaban J connectivity index is 2.11. The van der Waals surface area contributed by atoms with Crippen LogP contribution in [0.3, 0.4) is 0 Å². The normalized spacial score (nSPS) is 10.2. The molecule has 0 unspecified atom stereocenters. The molecule has 0 aliphatic carbocycles. The largest absolute Gasteiger partial charge is 0.494 e. The molecule has 0 spiro atoms. The molecule has 2 rings (SSSR count). The van der Waals surface area contributed by atoms with E-state index in [2.05, 4.69) is 5.32 Å². The standard InChI is InChI=1S/C14H13F2NO/c1-18-13-7-2-4-10(14(13)16)9-17-12-6-3-5-11(15)8-12/h2-8,17H,9H2,1H3. The van der Waals surface area contributed by atoms with Gasteiger partial charge in [-0.3, -0.25) is 0 Å². The van der Waals surface area contributed by atoms with E-state index < -0.39 is 5.82 Å². The van der Waals surface area contributed by atoms with E-state index in [1.165, 1.54) is 19.2 Å². The van der Waals surface area contributed by atoms with E-state index in [-0.39, 0.29) is 18.1 Å². The number of anilines is 1. The van der Waals surface area contributed by atoms with Crippen molar-refractivity contribution in [2.75, 3.05) is 12.4 Å². The first-order valence-electron chi connectivity index (χ1n) is 5.51. The summed E-state index contributed by atoms with van der Waals surface area (Å²) < 4.78 is 31.7. The van der Waals surface area contributed by atoms with Gasteiger partial charge >= 0.3 is 0 Å². The minimum Gasteiger partial charge on any atom is -0.494 e. The van der Waals surface area contributed by atoms with E-state index in [0.29, 0.717) is 11.3 Å². The molecule has 0 saturated heterocycles. The van der Waals surface area contributed by atoms with E-state index in [9.17, 15) is 8.78 Å². The molecule has 0 aromatic heterocycles. The van der Waals surface area contributed by atoms with Crippen molar-refractivity contribution in [1.82, 2.24) is 0 Å². The lowest BCUT2D eigenvalue weighted by Gasteiger charge is -2.09. The molecule has 18 heavy (non-hydrogen) atoms. The molecule has 0 saturated carbocycles. The molecule has 2 aromatic rings. The van der Waals surface area contributed by atoms with Gasteiger partial charge in [0.05, 0.1) is 7.11 Å². The van der Waals surface area contributed by atoms with Gasteiger partial charge in [-0.1, -0.05) is 18.2 Å². The van der Waals surface area contributed by atoms with E-state index in [4.69, 9.17) is 4.74 Å². The molecule has 0 heterocycles. The predicted molar refractivity (Wildman–Crippen MR) is 66.7 cm³/mol. The van der Waals surface area contributed by atoms with Crippen molar-refractivity contribution in [2.45, 2.75) is 6.54 Å². The fourth-order valence-corrected chi connectivity index (χ4v) is 1.65. The van der Waals surface area contributed by atoms with Crippen LogP contribution in [0.2, 0.25) is 0 Å². The summed E-state index contributed by atoms with van der Waals surface area (Å²) in [5.41, 5.74) is 1.08. The highest BCUT2D eigenvalue weighted by Crippen LogP contribution is 2.21. The highest BCUT2D eigenvalue weighted by Gasteiger charge is 2.07. The second-order valence-electron chi connectivity index (χ2n) is 3.80.